The normalized spacial score (nSPS) is 25.2. The maximum atomic E-state index is 13.7. The Bertz CT molecular complexity index is 1120. The van der Waals surface area contributed by atoms with Gasteiger partial charge in [-0.05, 0) is 42.2 Å². The Morgan fingerprint density at radius 1 is 1.27 bits per heavy atom. The Morgan fingerprint density at radius 3 is 2.80 bits per heavy atom. The van der Waals surface area contributed by atoms with Crippen LogP contribution in [0, 0.1) is 5.92 Å². The number of furan rings is 1. The Hall–Kier alpha value is -2.48. The van der Waals surface area contributed by atoms with Crippen LogP contribution in [0.5, 0.6) is 5.75 Å². The zero-order valence-corrected chi connectivity index (χ0v) is 17.5. The summed E-state index contributed by atoms with van der Waals surface area (Å²) >= 11 is 3.42. The lowest BCUT2D eigenvalue weighted by molar-refractivity contribution is -0.153. The molecule has 1 aliphatic carbocycles. The number of likely N-dealkylation sites (tertiary alicyclic amines) is 1. The monoisotopic (exact) mass is 479 g/mol. The number of allylic oxidation sites excluding steroid dienone is 3. The summed E-state index contributed by atoms with van der Waals surface area (Å²) in [5, 5.41) is 0. The van der Waals surface area contributed by atoms with Crippen molar-refractivity contribution in [3.63, 3.8) is 0 Å². The highest BCUT2D eigenvalue weighted by Gasteiger charge is 2.59. The minimum absolute atomic E-state index is 0.0710. The molecule has 5 rings (SSSR count). The molecule has 2 unspecified atom stereocenters. The summed E-state index contributed by atoms with van der Waals surface area (Å²) in [4.78, 5) is 15.3. The third-order valence-corrected chi connectivity index (χ3v) is 6.37. The third-order valence-electron chi connectivity index (χ3n) is 5.88. The highest BCUT2D eigenvalue weighted by molar-refractivity contribution is 9.10. The molecule has 156 valence electrons. The molecule has 0 bridgehead atoms. The van der Waals surface area contributed by atoms with Crippen LogP contribution in [-0.4, -0.2) is 17.4 Å². The topological polar surface area (TPSA) is 42.7 Å². The molecule has 1 spiro atoms. The van der Waals surface area contributed by atoms with E-state index < -0.39 is 17.4 Å². The van der Waals surface area contributed by atoms with Gasteiger partial charge >= 0.3 is 6.18 Å². The minimum Gasteiger partial charge on any atom is -0.491 e. The molecule has 1 saturated heterocycles. The van der Waals surface area contributed by atoms with E-state index in [1.165, 1.54) is 11.0 Å². The number of hydrogen-bond acceptors (Lipinski definition) is 3. The van der Waals surface area contributed by atoms with Crippen molar-refractivity contribution in [2.75, 3.05) is 6.61 Å². The highest BCUT2D eigenvalue weighted by Crippen LogP contribution is 2.54. The van der Waals surface area contributed by atoms with Crippen LogP contribution < -0.4 is 4.74 Å². The number of ether oxygens (including phenoxy) is 1. The Morgan fingerprint density at radius 2 is 2.07 bits per heavy atom. The van der Waals surface area contributed by atoms with E-state index in [0.29, 0.717) is 5.75 Å². The van der Waals surface area contributed by atoms with Crippen LogP contribution in [0.2, 0.25) is 0 Å². The van der Waals surface area contributed by atoms with Crippen LogP contribution in [0.3, 0.4) is 0 Å². The largest absolute Gasteiger partial charge is 0.491 e. The van der Waals surface area contributed by atoms with E-state index in [9.17, 15) is 18.0 Å². The second kappa shape index (κ2) is 6.51. The summed E-state index contributed by atoms with van der Waals surface area (Å²) in [7, 11) is 0. The summed E-state index contributed by atoms with van der Waals surface area (Å²) in [6.45, 7) is 2.13. The first-order valence-corrected chi connectivity index (χ1v) is 10.3. The molecule has 2 atom stereocenters. The fourth-order valence-electron chi connectivity index (χ4n) is 4.48. The van der Waals surface area contributed by atoms with Crippen LogP contribution in [0.15, 0.2) is 62.6 Å². The molecule has 30 heavy (non-hydrogen) atoms. The fourth-order valence-corrected chi connectivity index (χ4v) is 4.82. The molecular formula is C22H17BrF3NO3. The van der Waals surface area contributed by atoms with Crippen molar-refractivity contribution >= 4 is 21.8 Å². The van der Waals surface area contributed by atoms with Gasteiger partial charge in [0.1, 0.15) is 23.5 Å². The van der Waals surface area contributed by atoms with Crippen molar-refractivity contribution in [3.8, 4) is 5.75 Å². The van der Waals surface area contributed by atoms with E-state index in [0.717, 1.165) is 33.8 Å². The van der Waals surface area contributed by atoms with Crippen LogP contribution in [0.4, 0.5) is 13.2 Å². The Kier molecular flexibility index (Phi) is 4.23. The zero-order valence-electron chi connectivity index (χ0n) is 15.9. The number of fused-ring (bicyclic) bond motifs is 4. The summed E-state index contributed by atoms with van der Waals surface area (Å²) in [6.07, 6.45) is 0.282. The van der Waals surface area contributed by atoms with E-state index in [-0.39, 0.29) is 30.7 Å². The van der Waals surface area contributed by atoms with Crippen molar-refractivity contribution in [2.24, 2.45) is 5.92 Å². The van der Waals surface area contributed by atoms with Crippen molar-refractivity contribution < 1.29 is 27.1 Å². The number of alkyl halides is 3. The molecule has 1 amide bonds. The van der Waals surface area contributed by atoms with Gasteiger partial charge in [-0.25, -0.2) is 0 Å². The second-order valence-corrected chi connectivity index (χ2v) is 8.79. The Labute approximate surface area is 179 Å². The van der Waals surface area contributed by atoms with Crippen molar-refractivity contribution in [1.82, 2.24) is 4.90 Å². The molecule has 3 aliphatic rings. The van der Waals surface area contributed by atoms with Crippen molar-refractivity contribution in [2.45, 2.75) is 31.5 Å². The van der Waals surface area contributed by atoms with Crippen molar-refractivity contribution in [3.05, 3.63) is 75.3 Å². The number of hydrogen-bond donors (Lipinski definition) is 0. The van der Waals surface area contributed by atoms with Crippen LogP contribution >= 0.6 is 15.9 Å². The minimum atomic E-state index is -4.57. The lowest BCUT2D eigenvalue weighted by Crippen LogP contribution is -2.39. The van der Waals surface area contributed by atoms with Gasteiger partial charge in [-0.1, -0.05) is 41.1 Å². The molecular weight excluding hydrogens is 463 g/mol. The molecule has 0 N–H and O–H groups in total. The smallest absolute Gasteiger partial charge is 0.449 e. The fraction of sp³-hybridized carbons (Fsp3) is 0.318. The molecule has 1 aromatic heterocycles. The number of amides is 1. The molecule has 8 heteroatoms. The summed E-state index contributed by atoms with van der Waals surface area (Å²) in [5.74, 6) is -0.347. The highest BCUT2D eigenvalue weighted by atomic mass is 79.9. The van der Waals surface area contributed by atoms with Gasteiger partial charge in [-0.2, -0.15) is 13.2 Å². The average Bonchev–Trinajstić information content (AvgIpc) is 3.35. The Balaban J connectivity index is 1.58. The molecule has 0 radical (unpaired) electrons. The summed E-state index contributed by atoms with van der Waals surface area (Å²) < 4.78 is 50.5. The second-order valence-electron chi connectivity index (χ2n) is 7.87. The van der Waals surface area contributed by atoms with Crippen LogP contribution in [0.25, 0.3) is 0 Å². The van der Waals surface area contributed by atoms with E-state index in [4.69, 9.17) is 9.15 Å². The molecule has 0 saturated carbocycles. The van der Waals surface area contributed by atoms with Gasteiger partial charge in [-0.15, -0.1) is 0 Å². The predicted molar refractivity (Wildman–Crippen MR) is 106 cm³/mol. The van der Waals surface area contributed by atoms with E-state index >= 15 is 0 Å². The quantitative estimate of drug-likeness (QED) is 0.564. The molecule has 4 nitrogen and oxygen atoms in total. The van der Waals surface area contributed by atoms with E-state index in [2.05, 4.69) is 22.0 Å². The van der Waals surface area contributed by atoms with Gasteiger partial charge in [0.05, 0.1) is 6.54 Å². The molecule has 1 fully saturated rings. The molecule has 2 aromatic rings. The number of carbonyl (C=O) groups excluding carboxylic acids is 1. The number of halogens is 4. The number of rotatable bonds is 2. The first-order valence-electron chi connectivity index (χ1n) is 9.53. The van der Waals surface area contributed by atoms with Crippen LogP contribution in [0.1, 0.15) is 30.4 Å². The maximum Gasteiger partial charge on any atom is 0.449 e. The standard InChI is InChI=1S/C22H17BrF3NO3/c1-12-2-5-15-17(8-12)27(10-14-4-7-19(30-14)22(24,25)26)20(28)21(15)11-29-18-9-13(23)3-6-16(18)21/h3-9,12H,2,10-11H2,1H3. The van der Waals surface area contributed by atoms with Crippen molar-refractivity contribution in [1.29, 1.82) is 0 Å². The molecule has 1 aromatic carbocycles. The summed E-state index contributed by atoms with van der Waals surface area (Å²) in [5.41, 5.74) is 1.37. The van der Waals surface area contributed by atoms with Gasteiger partial charge in [-0.3, -0.25) is 4.79 Å². The first kappa shape index (κ1) is 19.5. The third kappa shape index (κ3) is 2.76. The van der Waals surface area contributed by atoms with E-state index in [1.54, 1.807) is 0 Å². The van der Waals surface area contributed by atoms with Gasteiger partial charge in [0.25, 0.3) is 0 Å². The maximum absolute atomic E-state index is 13.7. The number of benzene rings is 1. The number of nitrogens with zero attached hydrogens (tertiary/aromatic N) is 1. The molecule has 3 heterocycles. The molecule has 2 aliphatic heterocycles. The lowest BCUT2D eigenvalue weighted by atomic mass is 9.74. The summed E-state index contributed by atoms with van der Waals surface area (Å²) in [6, 6.07) is 7.73. The lowest BCUT2D eigenvalue weighted by Gasteiger charge is -2.23. The van der Waals surface area contributed by atoms with Gasteiger partial charge in [0.15, 0.2) is 0 Å². The van der Waals surface area contributed by atoms with Gasteiger partial charge in [0, 0.05) is 15.7 Å². The SMILES string of the molecule is CC1C=C2C(=CC1)C1(COc3cc(Br)ccc31)C(=O)N2Cc1ccc(C(F)(F)F)o1. The van der Waals surface area contributed by atoms with Gasteiger partial charge in [0.2, 0.25) is 11.7 Å². The predicted octanol–water partition coefficient (Wildman–Crippen LogP) is 5.58. The van der Waals surface area contributed by atoms with Gasteiger partial charge < -0.3 is 14.1 Å². The average molecular weight is 480 g/mol. The first-order chi connectivity index (χ1) is 14.2. The zero-order chi connectivity index (χ0) is 21.3. The van der Waals surface area contributed by atoms with E-state index in [1.807, 2.05) is 31.2 Å². The van der Waals surface area contributed by atoms with Crippen LogP contribution in [-0.2, 0) is 22.9 Å². The number of carbonyl (C=O) groups is 1.